The summed E-state index contributed by atoms with van der Waals surface area (Å²) in [5, 5.41) is 3.07. The highest BCUT2D eigenvalue weighted by Crippen LogP contribution is 2.41. The molecule has 1 amide bonds. The van der Waals surface area contributed by atoms with Crippen molar-refractivity contribution < 1.29 is 14.3 Å². The third-order valence-electron chi connectivity index (χ3n) is 5.82. The van der Waals surface area contributed by atoms with Crippen molar-refractivity contribution in [2.24, 2.45) is 0 Å². The predicted molar refractivity (Wildman–Crippen MR) is 93.1 cm³/mol. The van der Waals surface area contributed by atoms with E-state index in [4.69, 9.17) is 4.74 Å². The Kier molecular flexibility index (Phi) is 4.77. The first-order valence-electron chi connectivity index (χ1n) is 9.06. The van der Waals surface area contributed by atoms with Gasteiger partial charge in [-0.2, -0.15) is 0 Å². The minimum atomic E-state index is -0.678. The number of ketones is 1. The van der Waals surface area contributed by atoms with Gasteiger partial charge < -0.3 is 10.1 Å². The molecule has 1 aliphatic carbocycles. The first-order valence-corrected chi connectivity index (χ1v) is 9.06. The van der Waals surface area contributed by atoms with Gasteiger partial charge in [-0.15, -0.1) is 0 Å². The summed E-state index contributed by atoms with van der Waals surface area (Å²) in [6.45, 7) is 4.16. The van der Waals surface area contributed by atoms with Crippen LogP contribution in [0.5, 0.6) is 0 Å². The highest BCUT2D eigenvalue weighted by atomic mass is 16.5. The molecule has 1 saturated heterocycles. The van der Waals surface area contributed by atoms with Gasteiger partial charge >= 0.3 is 0 Å². The largest absolute Gasteiger partial charge is 0.381 e. The van der Waals surface area contributed by atoms with Crippen molar-refractivity contribution in [2.45, 2.75) is 69.9 Å². The molecule has 1 N–H and O–H groups in total. The van der Waals surface area contributed by atoms with E-state index in [9.17, 15) is 9.59 Å². The summed E-state index contributed by atoms with van der Waals surface area (Å²) in [7, 11) is 1.71. The van der Waals surface area contributed by atoms with Crippen molar-refractivity contribution in [3.63, 3.8) is 0 Å². The Morgan fingerprint density at radius 2 is 1.71 bits per heavy atom. The van der Waals surface area contributed by atoms with Crippen LogP contribution >= 0.6 is 0 Å². The molecule has 1 aromatic carbocycles. The van der Waals surface area contributed by atoms with Crippen LogP contribution in [0, 0.1) is 0 Å². The number of benzene rings is 1. The molecule has 4 heteroatoms. The van der Waals surface area contributed by atoms with Crippen LogP contribution in [0.2, 0.25) is 0 Å². The quantitative estimate of drug-likeness (QED) is 0.864. The minimum Gasteiger partial charge on any atom is -0.381 e. The maximum absolute atomic E-state index is 13.3. The second kappa shape index (κ2) is 6.67. The van der Waals surface area contributed by atoms with Gasteiger partial charge in [-0.05, 0) is 55.2 Å². The van der Waals surface area contributed by atoms with Crippen LogP contribution in [0.1, 0.15) is 62.1 Å². The first-order chi connectivity index (χ1) is 11.6. The zero-order valence-corrected chi connectivity index (χ0v) is 14.9. The molecular formula is C20H27NO3. The summed E-state index contributed by atoms with van der Waals surface area (Å²) < 4.78 is 5.42. The Morgan fingerprint density at radius 1 is 1.12 bits per heavy atom. The van der Waals surface area contributed by atoms with Gasteiger partial charge in [0, 0.05) is 7.11 Å². The van der Waals surface area contributed by atoms with E-state index in [1.165, 1.54) is 0 Å². The van der Waals surface area contributed by atoms with Crippen LogP contribution in [0.4, 0.5) is 0 Å². The Hall–Kier alpha value is -1.68. The minimum absolute atomic E-state index is 0.0673. The topological polar surface area (TPSA) is 55.4 Å². The zero-order chi connectivity index (χ0) is 17.3. The molecule has 4 nitrogen and oxygen atoms in total. The van der Waals surface area contributed by atoms with E-state index in [1.807, 2.05) is 18.2 Å². The maximum atomic E-state index is 13.3. The monoisotopic (exact) mass is 329 g/mol. The molecule has 2 fully saturated rings. The second-order valence-electron chi connectivity index (χ2n) is 7.00. The van der Waals surface area contributed by atoms with Crippen LogP contribution in [-0.4, -0.2) is 30.4 Å². The summed E-state index contributed by atoms with van der Waals surface area (Å²) in [5.41, 5.74) is 2.51. The van der Waals surface area contributed by atoms with Crippen molar-refractivity contribution in [1.29, 1.82) is 0 Å². The van der Waals surface area contributed by atoms with E-state index >= 15 is 0 Å². The lowest BCUT2D eigenvalue weighted by Crippen LogP contribution is -2.50. The number of amides is 1. The van der Waals surface area contributed by atoms with Crippen LogP contribution in [0.3, 0.4) is 0 Å². The molecule has 0 radical (unpaired) electrons. The number of methoxy groups -OCH3 is 1. The molecule has 2 aliphatic rings. The second-order valence-corrected chi connectivity index (χ2v) is 7.00. The SMILES string of the molecule is CCc1cccc(CC)c1C1C(=O)NC2(CCC(OC)CC2)C1=O. The van der Waals surface area contributed by atoms with Crippen molar-refractivity contribution in [2.75, 3.05) is 7.11 Å². The van der Waals surface area contributed by atoms with Gasteiger partial charge in [0.15, 0.2) is 5.78 Å². The van der Waals surface area contributed by atoms with Gasteiger partial charge in [0.05, 0.1) is 11.6 Å². The lowest BCUT2D eigenvalue weighted by Gasteiger charge is -2.35. The molecule has 1 aliphatic heterocycles. The third kappa shape index (κ3) is 2.67. The highest BCUT2D eigenvalue weighted by Gasteiger charge is 2.54. The van der Waals surface area contributed by atoms with Gasteiger partial charge in [0.25, 0.3) is 0 Å². The summed E-state index contributed by atoms with van der Waals surface area (Å²) in [4.78, 5) is 26.1. The van der Waals surface area contributed by atoms with Gasteiger partial charge in [0.1, 0.15) is 5.92 Å². The van der Waals surface area contributed by atoms with Crippen molar-refractivity contribution in [3.05, 3.63) is 34.9 Å². The van der Waals surface area contributed by atoms with Crippen molar-refractivity contribution in [1.82, 2.24) is 5.32 Å². The standard InChI is InChI=1S/C20H27NO3/c1-4-13-7-6-8-14(5-2)16(13)17-18(22)20(21-19(17)23)11-9-15(24-3)10-12-20/h6-8,15,17H,4-5,9-12H2,1-3H3,(H,21,23). The molecular weight excluding hydrogens is 302 g/mol. The molecule has 3 rings (SSSR count). The van der Waals surface area contributed by atoms with Crippen LogP contribution < -0.4 is 5.32 Å². The Morgan fingerprint density at radius 3 is 2.21 bits per heavy atom. The number of rotatable bonds is 4. The van der Waals surface area contributed by atoms with E-state index in [0.29, 0.717) is 12.8 Å². The van der Waals surface area contributed by atoms with E-state index in [0.717, 1.165) is 42.4 Å². The molecule has 1 spiro atoms. The molecule has 1 heterocycles. The fourth-order valence-electron chi connectivity index (χ4n) is 4.37. The smallest absolute Gasteiger partial charge is 0.235 e. The Labute approximate surface area is 144 Å². The first kappa shape index (κ1) is 17.2. The van der Waals surface area contributed by atoms with Gasteiger partial charge in [-0.25, -0.2) is 0 Å². The van der Waals surface area contributed by atoms with Crippen LogP contribution in [0.15, 0.2) is 18.2 Å². The average Bonchev–Trinajstić information content (AvgIpc) is 2.84. The number of aryl methyl sites for hydroxylation is 2. The van der Waals surface area contributed by atoms with Gasteiger partial charge in [0.2, 0.25) is 5.91 Å². The van der Waals surface area contributed by atoms with Crippen LogP contribution in [0.25, 0.3) is 0 Å². The molecule has 24 heavy (non-hydrogen) atoms. The molecule has 1 atom stereocenters. The average molecular weight is 329 g/mol. The van der Waals surface area contributed by atoms with E-state index in [-0.39, 0.29) is 17.8 Å². The highest BCUT2D eigenvalue weighted by molar-refractivity contribution is 6.17. The van der Waals surface area contributed by atoms with Crippen molar-refractivity contribution in [3.8, 4) is 0 Å². The third-order valence-corrected chi connectivity index (χ3v) is 5.82. The van der Waals surface area contributed by atoms with Gasteiger partial charge in [-0.1, -0.05) is 32.0 Å². The molecule has 0 bridgehead atoms. The maximum Gasteiger partial charge on any atom is 0.235 e. The summed E-state index contributed by atoms with van der Waals surface area (Å²) in [6.07, 6.45) is 4.88. The number of carbonyl (C=O) groups is 2. The molecule has 1 unspecified atom stereocenters. The molecule has 0 aromatic heterocycles. The number of ether oxygens (including phenoxy) is 1. The summed E-state index contributed by atoms with van der Waals surface area (Å²) >= 11 is 0. The van der Waals surface area contributed by atoms with E-state index < -0.39 is 11.5 Å². The zero-order valence-electron chi connectivity index (χ0n) is 14.9. The van der Waals surface area contributed by atoms with E-state index in [1.54, 1.807) is 7.11 Å². The lowest BCUT2D eigenvalue weighted by molar-refractivity contribution is -0.126. The van der Waals surface area contributed by atoms with Gasteiger partial charge in [-0.3, -0.25) is 9.59 Å². The molecule has 1 aromatic rings. The van der Waals surface area contributed by atoms with Crippen molar-refractivity contribution >= 4 is 11.7 Å². The number of nitrogens with one attached hydrogen (secondary N) is 1. The number of hydrogen-bond donors (Lipinski definition) is 1. The number of hydrogen-bond acceptors (Lipinski definition) is 3. The summed E-state index contributed by atoms with van der Waals surface area (Å²) in [6, 6.07) is 6.11. The Bertz CT molecular complexity index is 622. The predicted octanol–water partition coefficient (Wildman–Crippen LogP) is 2.92. The fraction of sp³-hybridized carbons (Fsp3) is 0.600. The lowest BCUT2D eigenvalue weighted by atomic mass is 9.74. The number of carbonyl (C=O) groups excluding carboxylic acids is 2. The Balaban J connectivity index is 1.97. The normalized spacial score (nSPS) is 30.0. The fourth-order valence-corrected chi connectivity index (χ4v) is 4.37. The molecule has 130 valence electrons. The summed E-state index contributed by atoms with van der Waals surface area (Å²) in [5.74, 6) is -0.695. The number of Topliss-reactive ketones (excluding diaryl/α,β-unsaturated/α-hetero) is 1. The molecule has 1 saturated carbocycles. The van der Waals surface area contributed by atoms with Crippen LogP contribution in [-0.2, 0) is 27.2 Å². The van der Waals surface area contributed by atoms with E-state index in [2.05, 4.69) is 19.2 Å².